The molecule has 0 aliphatic heterocycles. The fourth-order valence-corrected chi connectivity index (χ4v) is 3.99. The van der Waals surface area contributed by atoms with E-state index in [1.54, 1.807) is 4.40 Å². The van der Waals surface area contributed by atoms with Crippen molar-refractivity contribution in [3.8, 4) is 28.4 Å². The smallest absolute Gasteiger partial charge is 0.265 e. The summed E-state index contributed by atoms with van der Waals surface area (Å²) in [6.07, 6.45) is 2.24. The number of H-pyrrole nitrogens is 1. The van der Waals surface area contributed by atoms with E-state index in [1.807, 2.05) is 73.8 Å². The van der Waals surface area contributed by atoms with Crippen molar-refractivity contribution in [3.63, 3.8) is 0 Å². The van der Waals surface area contributed by atoms with Crippen LogP contribution in [0.2, 0.25) is 0 Å². The topological polar surface area (TPSA) is 98.1 Å². The molecule has 0 atom stereocenters. The zero-order chi connectivity index (χ0) is 24.4. The first-order chi connectivity index (χ1) is 17.0. The van der Waals surface area contributed by atoms with E-state index in [9.17, 15) is 4.79 Å². The van der Waals surface area contributed by atoms with Gasteiger partial charge in [0.15, 0.2) is 0 Å². The van der Waals surface area contributed by atoms with Crippen molar-refractivity contribution >= 4 is 5.65 Å². The van der Waals surface area contributed by atoms with Gasteiger partial charge in [0.25, 0.3) is 5.56 Å². The van der Waals surface area contributed by atoms with Crippen molar-refractivity contribution < 1.29 is 4.74 Å². The van der Waals surface area contributed by atoms with Gasteiger partial charge < -0.3 is 4.74 Å². The lowest BCUT2D eigenvalue weighted by Crippen LogP contribution is -2.22. The quantitative estimate of drug-likeness (QED) is 0.380. The molecular formula is C27H26N6O2. The molecule has 0 saturated heterocycles. The molecule has 0 radical (unpaired) electrons. The molecule has 0 amide bonds. The van der Waals surface area contributed by atoms with E-state index < -0.39 is 0 Å². The highest BCUT2D eigenvalue weighted by atomic mass is 16.5. The Bertz CT molecular complexity index is 1520. The lowest BCUT2D eigenvalue weighted by atomic mass is 9.97. The molecule has 8 heteroatoms. The molecule has 2 aromatic carbocycles. The van der Waals surface area contributed by atoms with Crippen molar-refractivity contribution in [2.75, 3.05) is 6.61 Å². The molecule has 5 aromatic rings. The Kier molecular flexibility index (Phi) is 6.10. The van der Waals surface area contributed by atoms with Gasteiger partial charge in [-0.2, -0.15) is 10.2 Å². The fraction of sp³-hybridized carbons (Fsp3) is 0.222. The minimum absolute atomic E-state index is 0.107. The van der Waals surface area contributed by atoms with Crippen LogP contribution in [0.5, 0.6) is 5.88 Å². The van der Waals surface area contributed by atoms with E-state index in [1.165, 1.54) is 0 Å². The largest absolute Gasteiger partial charge is 0.477 e. The first-order valence-corrected chi connectivity index (χ1v) is 11.6. The van der Waals surface area contributed by atoms with Crippen molar-refractivity contribution in [2.24, 2.45) is 5.92 Å². The van der Waals surface area contributed by atoms with Gasteiger partial charge in [-0.1, -0.05) is 68.4 Å². The summed E-state index contributed by atoms with van der Waals surface area (Å²) in [6, 6.07) is 19.9. The normalized spacial score (nSPS) is 11.3. The molecule has 0 aliphatic carbocycles. The van der Waals surface area contributed by atoms with Crippen LogP contribution in [0.15, 0.2) is 71.7 Å². The molecule has 0 unspecified atom stereocenters. The Morgan fingerprint density at radius 1 is 1.00 bits per heavy atom. The summed E-state index contributed by atoms with van der Waals surface area (Å²) in [5.74, 6) is 1.26. The number of aryl methyl sites for hydroxylation is 1. The average molecular weight is 467 g/mol. The maximum Gasteiger partial charge on any atom is 0.265 e. The van der Waals surface area contributed by atoms with Gasteiger partial charge in [-0.15, -0.1) is 10.2 Å². The van der Waals surface area contributed by atoms with Crippen LogP contribution in [-0.4, -0.2) is 36.6 Å². The van der Waals surface area contributed by atoms with Crippen LogP contribution in [0.25, 0.3) is 28.2 Å². The van der Waals surface area contributed by atoms with Gasteiger partial charge in [-0.3, -0.25) is 9.20 Å². The molecule has 1 N–H and O–H groups in total. The zero-order valence-corrected chi connectivity index (χ0v) is 19.9. The van der Waals surface area contributed by atoms with Gasteiger partial charge in [0.2, 0.25) is 11.7 Å². The molecule has 5 rings (SSSR count). The monoisotopic (exact) mass is 466 g/mol. The van der Waals surface area contributed by atoms with Gasteiger partial charge in [-0.25, -0.2) is 0 Å². The molecule has 8 nitrogen and oxygen atoms in total. The van der Waals surface area contributed by atoms with Crippen LogP contribution >= 0.6 is 0 Å². The highest BCUT2D eigenvalue weighted by Crippen LogP contribution is 2.30. The van der Waals surface area contributed by atoms with Crippen molar-refractivity contribution in [1.82, 2.24) is 30.0 Å². The third-order valence-corrected chi connectivity index (χ3v) is 5.74. The summed E-state index contributed by atoms with van der Waals surface area (Å²) < 4.78 is 7.59. The molecule has 0 saturated carbocycles. The molecule has 0 aliphatic rings. The summed E-state index contributed by atoms with van der Waals surface area (Å²) in [6.45, 7) is 6.59. The van der Waals surface area contributed by atoms with E-state index >= 15 is 0 Å². The number of nitrogens with one attached hydrogen (secondary N) is 1. The molecule has 3 aromatic heterocycles. The van der Waals surface area contributed by atoms with Crippen LogP contribution in [0, 0.1) is 12.8 Å². The lowest BCUT2D eigenvalue weighted by Gasteiger charge is -2.14. The number of pyridine rings is 1. The molecule has 176 valence electrons. The fourth-order valence-electron chi connectivity index (χ4n) is 3.99. The molecule has 3 heterocycles. The number of fused-ring (bicyclic) bond motifs is 1. The first kappa shape index (κ1) is 22.5. The Morgan fingerprint density at radius 2 is 1.77 bits per heavy atom. The number of benzene rings is 2. The van der Waals surface area contributed by atoms with Gasteiger partial charge in [-0.05, 0) is 46.4 Å². The average Bonchev–Trinajstić information content (AvgIpc) is 3.40. The van der Waals surface area contributed by atoms with Gasteiger partial charge in [0.1, 0.15) is 5.65 Å². The predicted molar refractivity (Wildman–Crippen MR) is 134 cm³/mol. The zero-order valence-electron chi connectivity index (χ0n) is 19.9. The summed E-state index contributed by atoms with van der Waals surface area (Å²) in [5, 5.41) is 14.4. The summed E-state index contributed by atoms with van der Waals surface area (Å²) in [5.41, 5.74) is 5.93. The highest BCUT2D eigenvalue weighted by molar-refractivity contribution is 5.80. The number of nitrogens with zero attached hydrogens (tertiary/aromatic N) is 5. The van der Waals surface area contributed by atoms with Crippen LogP contribution in [0.1, 0.15) is 30.5 Å². The Hall–Kier alpha value is -4.33. The standard InChI is InChI=1S/C27H26N6O2/c1-17(2)16-35-26-23(27(34)33-15-18(3)8-13-24(33)28-26)14-19-9-11-20(12-10-19)21-6-4-5-7-22(21)25-29-31-32-30-25/h4-13,15,17H,14,16H2,1-3H3,(H,29,30,31,32). The minimum Gasteiger partial charge on any atom is -0.477 e. The summed E-state index contributed by atoms with van der Waals surface area (Å²) >= 11 is 0. The van der Waals surface area contributed by atoms with E-state index in [-0.39, 0.29) is 5.56 Å². The number of ether oxygens (including phenoxy) is 1. The third kappa shape index (κ3) is 4.68. The Balaban J connectivity index is 1.51. The van der Waals surface area contributed by atoms with Crippen LogP contribution in [0.3, 0.4) is 0 Å². The van der Waals surface area contributed by atoms with Crippen molar-refractivity contribution in [2.45, 2.75) is 27.2 Å². The number of tetrazole rings is 1. The van der Waals surface area contributed by atoms with E-state index in [2.05, 4.69) is 39.5 Å². The van der Waals surface area contributed by atoms with Gasteiger partial charge >= 0.3 is 0 Å². The first-order valence-electron chi connectivity index (χ1n) is 11.6. The van der Waals surface area contributed by atoms with Crippen LogP contribution in [-0.2, 0) is 6.42 Å². The Labute approximate surface area is 202 Å². The molecule has 35 heavy (non-hydrogen) atoms. The van der Waals surface area contributed by atoms with Crippen molar-refractivity contribution in [1.29, 1.82) is 0 Å². The second-order valence-electron chi connectivity index (χ2n) is 8.99. The molecule has 0 fully saturated rings. The predicted octanol–water partition coefficient (Wildman–Crippen LogP) is 4.48. The second-order valence-corrected chi connectivity index (χ2v) is 8.99. The maximum absolute atomic E-state index is 13.4. The van der Waals surface area contributed by atoms with Crippen LogP contribution in [0.4, 0.5) is 0 Å². The Morgan fingerprint density at radius 3 is 2.49 bits per heavy atom. The number of rotatable bonds is 7. The minimum atomic E-state index is -0.107. The molecule has 0 bridgehead atoms. The van der Waals surface area contributed by atoms with E-state index in [4.69, 9.17) is 4.74 Å². The van der Waals surface area contributed by atoms with E-state index in [0.717, 1.165) is 27.8 Å². The number of aromatic nitrogens is 6. The summed E-state index contributed by atoms with van der Waals surface area (Å²) in [7, 11) is 0. The number of hydrogen-bond donors (Lipinski definition) is 1. The number of aromatic amines is 1. The molecular weight excluding hydrogens is 440 g/mol. The van der Waals surface area contributed by atoms with E-state index in [0.29, 0.717) is 41.9 Å². The SMILES string of the molecule is Cc1ccc2nc(OCC(C)C)c(Cc3ccc(-c4ccccc4-c4nn[nH]n4)cc3)c(=O)n2c1. The molecule has 0 spiro atoms. The maximum atomic E-state index is 13.4. The third-order valence-electron chi connectivity index (χ3n) is 5.74. The van der Waals surface area contributed by atoms with Crippen molar-refractivity contribution in [3.05, 3.63) is 93.9 Å². The number of hydrogen-bond acceptors (Lipinski definition) is 6. The van der Waals surface area contributed by atoms with Gasteiger partial charge in [0, 0.05) is 18.2 Å². The summed E-state index contributed by atoms with van der Waals surface area (Å²) in [4.78, 5) is 18.1. The van der Waals surface area contributed by atoms with Crippen LogP contribution < -0.4 is 10.3 Å². The van der Waals surface area contributed by atoms with Gasteiger partial charge in [0.05, 0.1) is 12.2 Å². The lowest BCUT2D eigenvalue weighted by molar-refractivity contribution is 0.259. The second kappa shape index (κ2) is 9.50. The highest BCUT2D eigenvalue weighted by Gasteiger charge is 2.16.